The predicted molar refractivity (Wildman–Crippen MR) is 58.9 cm³/mol. The minimum atomic E-state index is -4.48. The summed E-state index contributed by atoms with van der Waals surface area (Å²) in [7, 11) is 0. The molecule has 0 N–H and O–H groups in total. The van der Waals surface area contributed by atoms with Crippen LogP contribution in [0, 0.1) is 10.5 Å². The van der Waals surface area contributed by atoms with Gasteiger partial charge in [-0.15, -0.1) is 0 Å². The Bertz CT molecular complexity index is 410. The molecule has 0 aliphatic heterocycles. The van der Waals surface area contributed by atoms with E-state index in [0.29, 0.717) is 5.56 Å². The minimum Gasteiger partial charge on any atom is -0.294 e. The van der Waals surface area contributed by atoms with Crippen LogP contribution in [0.4, 0.5) is 13.2 Å². The van der Waals surface area contributed by atoms with Gasteiger partial charge in [-0.05, 0) is 54.1 Å². The quantitative estimate of drug-likeness (QED) is 0.566. The molecule has 1 aromatic rings. The predicted octanol–water partition coefficient (Wildman–Crippen LogP) is 3.82. The Morgan fingerprint density at radius 2 is 1.87 bits per heavy atom. The standard InChI is InChI=1S/C10H8F3IO/c1-5-3-7(6(2)15)9(8(14)4-5)10(11,12)13/h3-4H,1-2H3. The van der Waals surface area contributed by atoms with Crippen molar-refractivity contribution in [2.75, 3.05) is 0 Å². The fraction of sp³-hybridized carbons (Fsp3) is 0.300. The Labute approximate surface area is 98.8 Å². The Morgan fingerprint density at radius 3 is 2.27 bits per heavy atom. The zero-order valence-electron chi connectivity index (χ0n) is 8.07. The zero-order chi connectivity index (χ0) is 11.8. The summed E-state index contributed by atoms with van der Waals surface area (Å²) in [5, 5.41) is 0. The second-order valence-electron chi connectivity index (χ2n) is 3.22. The van der Waals surface area contributed by atoms with Crippen LogP contribution in [0.3, 0.4) is 0 Å². The van der Waals surface area contributed by atoms with Crippen molar-refractivity contribution in [1.29, 1.82) is 0 Å². The van der Waals surface area contributed by atoms with E-state index in [-0.39, 0.29) is 9.13 Å². The summed E-state index contributed by atoms with van der Waals surface area (Å²) in [4.78, 5) is 11.1. The number of alkyl halides is 3. The van der Waals surface area contributed by atoms with E-state index in [4.69, 9.17) is 0 Å². The highest BCUT2D eigenvalue weighted by atomic mass is 127. The van der Waals surface area contributed by atoms with Crippen molar-refractivity contribution in [2.45, 2.75) is 20.0 Å². The van der Waals surface area contributed by atoms with E-state index in [1.165, 1.54) is 12.1 Å². The van der Waals surface area contributed by atoms with Crippen LogP contribution in [0.5, 0.6) is 0 Å². The molecule has 15 heavy (non-hydrogen) atoms. The van der Waals surface area contributed by atoms with Gasteiger partial charge in [-0.3, -0.25) is 4.79 Å². The van der Waals surface area contributed by atoms with Crippen molar-refractivity contribution >= 4 is 28.4 Å². The van der Waals surface area contributed by atoms with Gasteiger partial charge >= 0.3 is 6.18 Å². The number of halogens is 4. The van der Waals surface area contributed by atoms with Gasteiger partial charge in [-0.2, -0.15) is 13.2 Å². The van der Waals surface area contributed by atoms with Crippen molar-refractivity contribution in [3.63, 3.8) is 0 Å². The van der Waals surface area contributed by atoms with Crippen LogP contribution in [0.2, 0.25) is 0 Å². The molecule has 0 amide bonds. The van der Waals surface area contributed by atoms with Gasteiger partial charge in [0.05, 0.1) is 5.56 Å². The number of ketones is 1. The topological polar surface area (TPSA) is 17.1 Å². The van der Waals surface area contributed by atoms with Gasteiger partial charge in [-0.25, -0.2) is 0 Å². The summed E-state index contributed by atoms with van der Waals surface area (Å²) in [6.45, 7) is 2.80. The Kier molecular flexibility index (Phi) is 3.42. The van der Waals surface area contributed by atoms with Crippen LogP contribution < -0.4 is 0 Å². The molecule has 0 saturated heterocycles. The molecule has 0 atom stereocenters. The highest BCUT2D eigenvalue weighted by Crippen LogP contribution is 2.36. The first-order valence-corrected chi connectivity index (χ1v) is 5.19. The molecule has 82 valence electrons. The lowest BCUT2D eigenvalue weighted by atomic mass is 10.0. The number of carbonyl (C=O) groups excluding carboxylic acids is 1. The molecule has 0 radical (unpaired) electrons. The van der Waals surface area contributed by atoms with Crippen molar-refractivity contribution in [2.24, 2.45) is 0 Å². The summed E-state index contributed by atoms with van der Waals surface area (Å²) >= 11 is 1.60. The lowest BCUT2D eigenvalue weighted by Crippen LogP contribution is -2.14. The number of benzene rings is 1. The number of Topliss-reactive ketones (excluding diaryl/α,β-unsaturated/α-hetero) is 1. The maximum Gasteiger partial charge on any atom is 0.418 e. The fourth-order valence-electron chi connectivity index (χ4n) is 1.31. The molecule has 0 spiro atoms. The van der Waals surface area contributed by atoms with Gasteiger partial charge in [-0.1, -0.05) is 0 Å². The van der Waals surface area contributed by atoms with E-state index in [0.717, 1.165) is 6.92 Å². The van der Waals surface area contributed by atoms with Crippen LogP contribution in [-0.2, 0) is 6.18 Å². The van der Waals surface area contributed by atoms with Crippen LogP contribution >= 0.6 is 22.6 Å². The summed E-state index contributed by atoms with van der Waals surface area (Å²) < 4.78 is 38.0. The van der Waals surface area contributed by atoms with Gasteiger partial charge in [0.2, 0.25) is 0 Å². The summed E-state index contributed by atoms with van der Waals surface area (Å²) in [5.41, 5.74) is -0.439. The minimum absolute atomic E-state index is 0.0605. The smallest absolute Gasteiger partial charge is 0.294 e. The zero-order valence-corrected chi connectivity index (χ0v) is 10.2. The van der Waals surface area contributed by atoms with E-state index >= 15 is 0 Å². The maximum atomic E-state index is 12.6. The van der Waals surface area contributed by atoms with Gasteiger partial charge in [0.1, 0.15) is 0 Å². The monoisotopic (exact) mass is 328 g/mol. The third-order valence-corrected chi connectivity index (χ3v) is 2.75. The van der Waals surface area contributed by atoms with Gasteiger partial charge in [0.25, 0.3) is 0 Å². The van der Waals surface area contributed by atoms with E-state index in [1.54, 1.807) is 29.5 Å². The maximum absolute atomic E-state index is 12.6. The number of carbonyl (C=O) groups is 1. The molecule has 0 saturated carbocycles. The highest BCUT2D eigenvalue weighted by molar-refractivity contribution is 14.1. The van der Waals surface area contributed by atoms with Crippen LogP contribution in [0.25, 0.3) is 0 Å². The molecule has 5 heteroatoms. The highest BCUT2D eigenvalue weighted by Gasteiger charge is 2.36. The van der Waals surface area contributed by atoms with Crippen molar-refractivity contribution in [3.05, 3.63) is 32.4 Å². The SMILES string of the molecule is CC(=O)c1cc(C)cc(I)c1C(F)(F)F. The third kappa shape index (κ3) is 2.70. The third-order valence-electron chi connectivity index (χ3n) is 1.90. The van der Waals surface area contributed by atoms with Crippen LogP contribution in [0.15, 0.2) is 12.1 Å². The molecule has 0 aliphatic rings. The second-order valence-corrected chi connectivity index (χ2v) is 4.39. The van der Waals surface area contributed by atoms with Crippen LogP contribution in [0.1, 0.15) is 28.4 Å². The second kappa shape index (κ2) is 4.11. The average molecular weight is 328 g/mol. The first-order valence-electron chi connectivity index (χ1n) is 4.11. The number of rotatable bonds is 1. The summed E-state index contributed by atoms with van der Waals surface area (Å²) in [6, 6.07) is 2.68. The van der Waals surface area contributed by atoms with Gasteiger partial charge in [0, 0.05) is 9.13 Å². The lowest BCUT2D eigenvalue weighted by Gasteiger charge is -2.13. The van der Waals surface area contributed by atoms with Crippen molar-refractivity contribution < 1.29 is 18.0 Å². The molecule has 0 heterocycles. The number of hydrogen-bond donors (Lipinski definition) is 0. The normalized spacial score (nSPS) is 11.6. The van der Waals surface area contributed by atoms with E-state index < -0.39 is 17.5 Å². The van der Waals surface area contributed by atoms with Gasteiger partial charge < -0.3 is 0 Å². The number of aryl methyl sites for hydroxylation is 1. The van der Waals surface area contributed by atoms with Crippen molar-refractivity contribution in [3.8, 4) is 0 Å². The molecule has 1 nitrogen and oxygen atoms in total. The molecule has 1 rings (SSSR count). The first-order chi connectivity index (χ1) is 6.73. The van der Waals surface area contributed by atoms with Gasteiger partial charge in [0.15, 0.2) is 5.78 Å². The molecule has 0 aromatic heterocycles. The largest absolute Gasteiger partial charge is 0.418 e. The van der Waals surface area contributed by atoms with E-state index in [1.807, 2.05) is 0 Å². The molecular formula is C10H8F3IO. The Hall–Kier alpha value is -0.590. The average Bonchev–Trinajstić information content (AvgIpc) is 1.99. The van der Waals surface area contributed by atoms with E-state index in [2.05, 4.69) is 0 Å². The van der Waals surface area contributed by atoms with Crippen molar-refractivity contribution in [1.82, 2.24) is 0 Å². The van der Waals surface area contributed by atoms with Crippen LogP contribution in [-0.4, -0.2) is 5.78 Å². The summed E-state index contributed by atoms with van der Waals surface area (Å²) in [6.07, 6.45) is -4.48. The lowest BCUT2D eigenvalue weighted by molar-refractivity contribution is -0.138. The Balaban J connectivity index is 3.55. The first kappa shape index (κ1) is 12.5. The fourth-order valence-corrected chi connectivity index (χ4v) is 2.40. The molecule has 0 bridgehead atoms. The number of hydrogen-bond acceptors (Lipinski definition) is 1. The molecule has 0 aliphatic carbocycles. The Morgan fingerprint density at radius 1 is 1.33 bits per heavy atom. The molecular weight excluding hydrogens is 320 g/mol. The molecule has 0 fully saturated rings. The van der Waals surface area contributed by atoms with E-state index in [9.17, 15) is 18.0 Å². The summed E-state index contributed by atoms with van der Waals surface area (Å²) in [5.74, 6) is -0.566. The molecule has 1 aromatic carbocycles. The molecule has 0 unspecified atom stereocenters.